The Hall–Kier alpha value is -3.95. The average molecular weight is 444 g/mol. The summed E-state index contributed by atoms with van der Waals surface area (Å²) in [5.41, 5.74) is -0.754. The van der Waals surface area contributed by atoms with Crippen molar-refractivity contribution in [2.45, 2.75) is 12.8 Å². The second kappa shape index (κ2) is 7.95. The molecule has 32 heavy (non-hydrogen) atoms. The van der Waals surface area contributed by atoms with Gasteiger partial charge in [-0.2, -0.15) is 13.9 Å². The molecule has 164 valence electrons. The van der Waals surface area contributed by atoms with E-state index >= 15 is 0 Å². The van der Waals surface area contributed by atoms with Gasteiger partial charge in [0.05, 0.1) is 17.4 Å². The number of aromatic nitrogens is 3. The molecule has 1 amide bonds. The van der Waals surface area contributed by atoms with Crippen molar-refractivity contribution < 1.29 is 26.9 Å². The molecule has 0 unspecified atom stereocenters. The first-order valence-electron chi connectivity index (χ1n) is 9.41. The lowest BCUT2D eigenvalue weighted by Crippen LogP contribution is -2.20. The fourth-order valence-electron chi connectivity index (χ4n) is 3.38. The third-order valence-electron chi connectivity index (χ3n) is 4.73. The van der Waals surface area contributed by atoms with E-state index in [2.05, 4.69) is 15.6 Å². The Bertz CT molecular complexity index is 1310. The number of halogens is 4. The van der Waals surface area contributed by atoms with E-state index in [1.165, 1.54) is 43.4 Å². The quantitative estimate of drug-likeness (QED) is 0.443. The first kappa shape index (κ1) is 21.3. The van der Waals surface area contributed by atoms with Crippen molar-refractivity contribution in [3.8, 4) is 28.3 Å². The second-order valence-electron chi connectivity index (χ2n) is 7.01. The smallest absolute Gasteiger partial charge is 0.287 e. The van der Waals surface area contributed by atoms with E-state index in [-0.39, 0.29) is 33.8 Å². The molecule has 0 saturated heterocycles. The molecular formula is C22H16F4N4O2. The summed E-state index contributed by atoms with van der Waals surface area (Å²) in [6.07, 6.45) is 1.08. The van der Waals surface area contributed by atoms with E-state index in [0.717, 1.165) is 23.0 Å². The van der Waals surface area contributed by atoms with Gasteiger partial charge in [0.1, 0.15) is 28.6 Å². The number of nitrogens with zero attached hydrogens (tertiary/aromatic N) is 3. The maximum atomic E-state index is 14.7. The van der Waals surface area contributed by atoms with Gasteiger partial charge >= 0.3 is 0 Å². The lowest BCUT2D eigenvalue weighted by molar-refractivity contribution is 0.0107. The molecule has 0 spiro atoms. The van der Waals surface area contributed by atoms with E-state index in [4.69, 9.17) is 4.52 Å². The molecule has 0 aliphatic heterocycles. The first-order valence-corrected chi connectivity index (χ1v) is 9.41. The van der Waals surface area contributed by atoms with E-state index in [9.17, 15) is 22.4 Å². The lowest BCUT2D eigenvalue weighted by atomic mass is 10.0. The van der Waals surface area contributed by atoms with Crippen LogP contribution in [0.1, 0.15) is 23.0 Å². The van der Waals surface area contributed by atoms with Crippen molar-refractivity contribution in [3.05, 3.63) is 77.6 Å². The minimum atomic E-state index is -3.45. The van der Waals surface area contributed by atoms with Crippen molar-refractivity contribution >= 4 is 5.91 Å². The topological polar surface area (TPSA) is 73.0 Å². The lowest BCUT2D eigenvalue weighted by Gasteiger charge is -2.15. The Morgan fingerprint density at radius 3 is 2.41 bits per heavy atom. The van der Waals surface area contributed by atoms with Gasteiger partial charge in [0, 0.05) is 19.5 Å². The van der Waals surface area contributed by atoms with Gasteiger partial charge in [0.15, 0.2) is 5.76 Å². The summed E-state index contributed by atoms with van der Waals surface area (Å²) in [5.74, 6) is -5.62. The Kier molecular flexibility index (Phi) is 5.29. The van der Waals surface area contributed by atoms with Crippen molar-refractivity contribution in [2.75, 3.05) is 7.05 Å². The molecule has 2 aromatic heterocycles. The highest BCUT2D eigenvalue weighted by Crippen LogP contribution is 2.40. The number of hydrogen-bond donors (Lipinski definition) is 1. The Morgan fingerprint density at radius 2 is 1.78 bits per heavy atom. The predicted octanol–water partition coefficient (Wildman–Crippen LogP) is 4.94. The highest BCUT2D eigenvalue weighted by atomic mass is 19.3. The molecule has 0 fully saturated rings. The van der Waals surface area contributed by atoms with Crippen LogP contribution in [-0.2, 0) is 5.92 Å². The number of carbonyl (C=O) groups is 1. The Morgan fingerprint density at radius 1 is 1.09 bits per heavy atom. The standard InChI is InChI=1S/C22H16F4N4O2/c1-22(25,26)20-16(11-28-30(20)15-8-4-7-14(24)10-15)19-17(21(31)27-2)18(29-32-19)12-5-3-6-13(23)9-12/h3-11H,1-2H3,(H,27,31). The van der Waals surface area contributed by atoms with Gasteiger partial charge in [-0.1, -0.05) is 23.4 Å². The molecular weight excluding hydrogens is 428 g/mol. The molecule has 1 N–H and O–H groups in total. The molecule has 4 aromatic rings. The van der Waals surface area contributed by atoms with Gasteiger partial charge in [-0.05, 0) is 30.3 Å². The molecule has 0 aliphatic carbocycles. The van der Waals surface area contributed by atoms with E-state index in [0.29, 0.717) is 6.92 Å². The highest BCUT2D eigenvalue weighted by molar-refractivity contribution is 6.05. The van der Waals surface area contributed by atoms with Crippen molar-refractivity contribution in [1.82, 2.24) is 20.3 Å². The number of hydrogen-bond acceptors (Lipinski definition) is 4. The zero-order valence-electron chi connectivity index (χ0n) is 16.9. The molecule has 2 aromatic carbocycles. The van der Waals surface area contributed by atoms with Crippen LogP contribution in [0.5, 0.6) is 0 Å². The molecule has 0 bridgehead atoms. The van der Waals surface area contributed by atoms with Gasteiger partial charge in [-0.15, -0.1) is 0 Å². The highest BCUT2D eigenvalue weighted by Gasteiger charge is 2.37. The van der Waals surface area contributed by atoms with E-state index in [1.54, 1.807) is 0 Å². The summed E-state index contributed by atoms with van der Waals surface area (Å²) in [7, 11) is 1.35. The Labute approximate surface area is 179 Å². The molecule has 6 nitrogen and oxygen atoms in total. The minimum absolute atomic E-state index is 0.0253. The fraction of sp³-hybridized carbons (Fsp3) is 0.136. The van der Waals surface area contributed by atoms with Crippen molar-refractivity contribution in [3.63, 3.8) is 0 Å². The van der Waals surface area contributed by atoms with Gasteiger partial charge in [-0.25, -0.2) is 13.5 Å². The molecule has 4 rings (SSSR count). The number of rotatable bonds is 5. The van der Waals surface area contributed by atoms with Crippen LogP contribution >= 0.6 is 0 Å². The summed E-state index contributed by atoms with van der Waals surface area (Å²) >= 11 is 0. The van der Waals surface area contributed by atoms with Crippen LogP contribution < -0.4 is 5.32 Å². The number of carbonyl (C=O) groups excluding carboxylic acids is 1. The van der Waals surface area contributed by atoms with Crippen LogP contribution in [0, 0.1) is 11.6 Å². The molecule has 0 aliphatic rings. The van der Waals surface area contributed by atoms with Crippen LogP contribution in [0.15, 0.2) is 59.3 Å². The number of alkyl halides is 2. The average Bonchev–Trinajstić information content (AvgIpc) is 3.37. The minimum Gasteiger partial charge on any atom is -0.355 e. The number of benzene rings is 2. The molecule has 0 radical (unpaired) electrons. The molecule has 10 heteroatoms. The Balaban J connectivity index is 1.97. The van der Waals surface area contributed by atoms with Crippen LogP contribution in [0.3, 0.4) is 0 Å². The second-order valence-corrected chi connectivity index (χ2v) is 7.01. The van der Waals surface area contributed by atoms with Crippen LogP contribution in [0.25, 0.3) is 28.3 Å². The summed E-state index contributed by atoms with van der Waals surface area (Å²) in [6.45, 7) is 0.646. The first-order chi connectivity index (χ1) is 15.2. The van der Waals surface area contributed by atoms with Crippen LogP contribution in [0.2, 0.25) is 0 Å². The molecule has 2 heterocycles. The van der Waals surface area contributed by atoms with E-state index in [1.807, 2.05) is 0 Å². The zero-order chi connectivity index (χ0) is 23.0. The monoisotopic (exact) mass is 444 g/mol. The summed E-state index contributed by atoms with van der Waals surface area (Å²) in [6, 6.07) is 10.3. The third-order valence-corrected chi connectivity index (χ3v) is 4.73. The van der Waals surface area contributed by atoms with Crippen molar-refractivity contribution in [1.29, 1.82) is 0 Å². The maximum absolute atomic E-state index is 14.7. The van der Waals surface area contributed by atoms with Crippen LogP contribution in [-0.4, -0.2) is 27.9 Å². The number of amides is 1. The third kappa shape index (κ3) is 3.75. The van der Waals surface area contributed by atoms with Gasteiger partial charge in [0.25, 0.3) is 11.8 Å². The van der Waals surface area contributed by atoms with Crippen molar-refractivity contribution in [2.24, 2.45) is 0 Å². The number of nitrogens with one attached hydrogen (secondary N) is 1. The molecule has 0 atom stereocenters. The summed E-state index contributed by atoms with van der Waals surface area (Å²) in [4.78, 5) is 12.7. The normalized spacial score (nSPS) is 11.6. The molecule has 0 saturated carbocycles. The SMILES string of the molecule is CNC(=O)c1c(-c2cccc(F)c2)noc1-c1cnn(-c2cccc(F)c2)c1C(C)(F)F. The van der Waals surface area contributed by atoms with Gasteiger partial charge < -0.3 is 9.84 Å². The summed E-state index contributed by atoms with van der Waals surface area (Å²) in [5, 5.41) is 10.2. The predicted molar refractivity (Wildman–Crippen MR) is 107 cm³/mol. The zero-order valence-corrected chi connectivity index (χ0v) is 16.9. The van der Waals surface area contributed by atoms with Crippen LogP contribution in [0.4, 0.5) is 17.6 Å². The van der Waals surface area contributed by atoms with Gasteiger partial charge in [-0.3, -0.25) is 4.79 Å². The largest absolute Gasteiger partial charge is 0.355 e. The van der Waals surface area contributed by atoms with E-state index < -0.39 is 29.2 Å². The summed E-state index contributed by atoms with van der Waals surface area (Å²) < 4.78 is 63.1. The van der Waals surface area contributed by atoms with Gasteiger partial charge in [0.2, 0.25) is 0 Å². The fourth-order valence-corrected chi connectivity index (χ4v) is 3.38. The maximum Gasteiger partial charge on any atom is 0.287 e.